The maximum absolute atomic E-state index is 12.3. The van der Waals surface area contributed by atoms with E-state index in [0.29, 0.717) is 4.90 Å². The zero-order chi connectivity index (χ0) is 12.0. The average Bonchev–Trinajstić information content (AvgIpc) is 3.05. The van der Waals surface area contributed by atoms with Crippen LogP contribution in [0.15, 0.2) is 23.1 Å². The van der Waals surface area contributed by atoms with Crippen LogP contribution < -0.4 is 5.32 Å². The summed E-state index contributed by atoms with van der Waals surface area (Å²) in [6.07, 6.45) is 2.89. The van der Waals surface area contributed by atoms with Crippen LogP contribution in [0.5, 0.6) is 0 Å². The van der Waals surface area contributed by atoms with Crippen molar-refractivity contribution in [2.45, 2.75) is 30.2 Å². The summed E-state index contributed by atoms with van der Waals surface area (Å²) in [5.41, 5.74) is 2.17. The summed E-state index contributed by atoms with van der Waals surface area (Å²) in [6.45, 7) is 0.900. The van der Waals surface area contributed by atoms with E-state index >= 15 is 0 Å². The number of sulfonamides is 1. The van der Waals surface area contributed by atoms with Crippen LogP contribution in [0.25, 0.3) is 0 Å². The lowest BCUT2D eigenvalue weighted by Crippen LogP contribution is -2.28. The molecule has 0 saturated heterocycles. The van der Waals surface area contributed by atoms with E-state index in [0.717, 1.165) is 37.1 Å². The molecule has 1 saturated carbocycles. The molecule has 1 fully saturated rings. The van der Waals surface area contributed by atoms with Crippen molar-refractivity contribution >= 4 is 15.7 Å². The largest absolute Gasteiger partial charge is 0.384 e. The van der Waals surface area contributed by atoms with Gasteiger partial charge in [-0.25, -0.2) is 8.42 Å². The van der Waals surface area contributed by atoms with Crippen molar-refractivity contribution in [1.82, 2.24) is 4.31 Å². The molecule has 1 heterocycles. The molecule has 0 spiro atoms. The summed E-state index contributed by atoms with van der Waals surface area (Å²) in [7, 11) is -1.61. The van der Waals surface area contributed by atoms with Crippen LogP contribution in [0.1, 0.15) is 18.4 Å². The van der Waals surface area contributed by atoms with Gasteiger partial charge in [-0.1, -0.05) is 0 Å². The number of anilines is 1. The topological polar surface area (TPSA) is 49.4 Å². The summed E-state index contributed by atoms with van der Waals surface area (Å²) < 4.78 is 26.1. The molecule has 1 aromatic carbocycles. The first-order valence-electron chi connectivity index (χ1n) is 5.94. The standard InChI is InChI=1S/C12H16N2O2S/c1-14(10-2-3-10)17(15,16)11-4-5-12-9(8-11)6-7-13-12/h4-5,8,10,13H,2-3,6-7H2,1H3. The Morgan fingerprint density at radius 2 is 2.12 bits per heavy atom. The van der Waals surface area contributed by atoms with E-state index in [-0.39, 0.29) is 6.04 Å². The van der Waals surface area contributed by atoms with Crippen molar-refractivity contribution in [2.24, 2.45) is 0 Å². The second kappa shape index (κ2) is 3.71. The number of nitrogens with one attached hydrogen (secondary N) is 1. The fourth-order valence-corrected chi connectivity index (χ4v) is 3.71. The molecule has 0 aromatic heterocycles. The van der Waals surface area contributed by atoms with Gasteiger partial charge < -0.3 is 5.32 Å². The number of hydrogen-bond acceptors (Lipinski definition) is 3. The van der Waals surface area contributed by atoms with Gasteiger partial charge in [-0.05, 0) is 43.0 Å². The van der Waals surface area contributed by atoms with Gasteiger partial charge in [-0.3, -0.25) is 0 Å². The second-order valence-corrected chi connectivity index (χ2v) is 6.75. The first-order chi connectivity index (χ1) is 8.09. The van der Waals surface area contributed by atoms with E-state index in [9.17, 15) is 8.42 Å². The molecule has 0 atom stereocenters. The van der Waals surface area contributed by atoms with Gasteiger partial charge in [0.25, 0.3) is 0 Å². The molecular formula is C12H16N2O2S. The Kier molecular flexibility index (Phi) is 2.41. The Balaban J connectivity index is 1.98. The maximum atomic E-state index is 12.3. The monoisotopic (exact) mass is 252 g/mol. The Bertz CT molecular complexity index is 550. The fraction of sp³-hybridized carbons (Fsp3) is 0.500. The number of nitrogens with zero attached hydrogens (tertiary/aromatic N) is 1. The molecule has 1 aliphatic heterocycles. The van der Waals surface area contributed by atoms with Crippen LogP contribution in [0.4, 0.5) is 5.69 Å². The fourth-order valence-electron chi connectivity index (χ4n) is 2.24. The molecule has 0 radical (unpaired) electrons. The lowest BCUT2D eigenvalue weighted by atomic mass is 10.2. The first kappa shape index (κ1) is 11.0. The Morgan fingerprint density at radius 1 is 1.35 bits per heavy atom. The van der Waals surface area contributed by atoms with E-state index in [4.69, 9.17) is 0 Å². The summed E-state index contributed by atoms with van der Waals surface area (Å²) >= 11 is 0. The van der Waals surface area contributed by atoms with E-state index in [1.165, 1.54) is 4.31 Å². The van der Waals surface area contributed by atoms with E-state index in [2.05, 4.69) is 5.32 Å². The molecule has 1 aromatic rings. The Labute approximate surface area is 102 Å². The zero-order valence-corrected chi connectivity index (χ0v) is 10.6. The molecule has 2 aliphatic rings. The lowest BCUT2D eigenvalue weighted by Gasteiger charge is -2.16. The molecule has 0 bridgehead atoms. The average molecular weight is 252 g/mol. The van der Waals surface area contributed by atoms with Gasteiger partial charge in [0.05, 0.1) is 4.90 Å². The molecule has 0 unspecified atom stereocenters. The van der Waals surface area contributed by atoms with Crippen LogP contribution in [0.3, 0.4) is 0 Å². The summed E-state index contributed by atoms with van der Waals surface area (Å²) in [5, 5.41) is 3.23. The summed E-state index contributed by atoms with van der Waals surface area (Å²) in [6, 6.07) is 5.59. The van der Waals surface area contributed by atoms with Gasteiger partial charge >= 0.3 is 0 Å². The van der Waals surface area contributed by atoms with Gasteiger partial charge in [-0.2, -0.15) is 4.31 Å². The molecule has 4 nitrogen and oxygen atoms in total. The zero-order valence-electron chi connectivity index (χ0n) is 9.81. The minimum absolute atomic E-state index is 0.214. The summed E-state index contributed by atoms with van der Waals surface area (Å²) in [5.74, 6) is 0. The highest BCUT2D eigenvalue weighted by Crippen LogP contribution is 2.32. The molecule has 1 N–H and O–H groups in total. The smallest absolute Gasteiger partial charge is 0.243 e. The molecule has 92 valence electrons. The van der Waals surface area contributed by atoms with Gasteiger partial charge in [0.1, 0.15) is 0 Å². The second-order valence-electron chi connectivity index (χ2n) is 4.75. The number of hydrogen-bond donors (Lipinski definition) is 1. The summed E-state index contributed by atoms with van der Waals surface area (Å²) in [4.78, 5) is 0.425. The van der Waals surface area contributed by atoms with Crippen molar-refractivity contribution in [1.29, 1.82) is 0 Å². The van der Waals surface area contributed by atoms with E-state index in [1.54, 1.807) is 13.1 Å². The normalized spacial score (nSPS) is 19.2. The quantitative estimate of drug-likeness (QED) is 0.885. The number of rotatable bonds is 3. The highest BCUT2D eigenvalue weighted by atomic mass is 32.2. The van der Waals surface area contributed by atoms with Crippen LogP contribution in [0, 0.1) is 0 Å². The number of benzene rings is 1. The van der Waals surface area contributed by atoms with Crippen molar-refractivity contribution in [2.75, 3.05) is 18.9 Å². The predicted molar refractivity (Wildman–Crippen MR) is 66.6 cm³/mol. The lowest BCUT2D eigenvalue weighted by molar-refractivity contribution is 0.464. The third-order valence-electron chi connectivity index (χ3n) is 3.52. The van der Waals surface area contributed by atoms with Crippen molar-refractivity contribution in [3.63, 3.8) is 0 Å². The van der Waals surface area contributed by atoms with E-state index in [1.807, 2.05) is 12.1 Å². The predicted octanol–water partition coefficient (Wildman–Crippen LogP) is 1.44. The van der Waals surface area contributed by atoms with Gasteiger partial charge in [0.15, 0.2) is 0 Å². The van der Waals surface area contributed by atoms with Gasteiger partial charge in [-0.15, -0.1) is 0 Å². The molecule has 0 amide bonds. The van der Waals surface area contributed by atoms with Gasteiger partial charge in [0, 0.05) is 25.3 Å². The Morgan fingerprint density at radius 3 is 2.82 bits per heavy atom. The molecule has 17 heavy (non-hydrogen) atoms. The highest BCUT2D eigenvalue weighted by Gasteiger charge is 2.35. The third-order valence-corrected chi connectivity index (χ3v) is 5.43. The molecular weight excluding hydrogens is 236 g/mol. The minimum Gasteiger partial charge on any atom is -0.384 e. The van der Waals surface area contributed by atoms with Crippen LogP contribution in [0.2, 0.25) is 0 Å². The first-order valence-corrected chi connectivity index (χ1v) is 7.38. The van der Waals surface area contributed by atoms with Crippen LogP contribution in [-0.2, 0) is 16.4 Å². The maximum Gasteiger partial charge on any atom is 0.243 e. The highest BCUT2D eigenvalue weighted by molar-refractivity contribution is 7.89. The van der Waals surface area contributed by atoms with Gasteiger partial charge in [0.2, 0.25) is 10.0 Å². The van der Waals surface area contributed by atoms with Crippen molar-refractivity contribution < 1.29 is 8.42 Å². The van der Waals surface area contributed by atoms with Crippen LogP contribution in [-0.4, -0.2) is 32.4 Å². The van der Waals surface area contributed by atoms with Crippen molar-refractivity contribution in [3.05, 3.63) is 23.8 Å². The SMILES string of the molecule is CN(C1CC1)S(=O)(=O)c1ccc2c(c1)CCN2. The third kappa shape index (κ3) is 1.83. The minimum atomic E-state index is -3.29. The van der Waals surface area contributed by atoms with E-state index < -0.39 is 10.0 Å². The molecule has 5 heteroatoms. The molecule has 1 aliphatic carbocycles. The Hall–Kier alpha value is -1.07. The number of fused-ring (bicyclic) bond motifs is 1. The van der Waals surface area contributed by atoms with Crippen LogP contribution >= 0.6 is 0 Å². The molecule has 3 rings (SSSR count). The van der Waals surface area contributed by atoms with Crippen molar-refractivity contribution in [3.8, 4) is 0 Å².